The number of hydrogen-bond acceptors (Lipinski definition) is 5. The smallest absolute Gasteiger partial charge is 0.238 e. The van der Waals surface area contributed by atoms with Crippen molar-refractivity contribution >= 4 is 10.0 Å². The second-order valence-electron chi connectivity index (χ2n) is 6.29. The predicted molar refractivity (Wildman–Crippen MR) is 106 cm³/mol. The Balaban J connectivity index is 1.51. The van der Waals surface area contributed by atoms with Gasteiger partial charge in [0, 0.05) is 18.1 Å². The number of aromatic nitrogens is 2. The van der Waals surface area contributed by atoms with Crippen LogP contribution in [0, 0.1) is 0 Å². The van der Waals surface area contributed by atoms with Gasteiger partial charge in [0.05, 0.1) is 24.9 Å². The van der Waals surface area contributed by atoms with Crippen LogP contribution in [0.1, 0.15) is 18.4 Å². The molecule has 0 saturated carbocycles. The highest BCUT2D eigenvalue weighted by Crippen LogP contribution is 2.23. The van der Waals surface area contributed by atoms with Crippen LogP contribution >= 0.6 is 0 Å². The van der Waals surface area contributed by atoms with Gasteiger partial charge in [-0.05, 0) is 67.3 Å². The Morgan fingerprint density at radius 1 is 1.07 bits per heavy atom. The Morgan fingerprint density at radius 2 is 1.82 bits per heavy atom. The molecule has 7 nitrogen and oxygen atoms in total. The van der Waals surface area contributed by atoms with Crippen LogP contribution in [0.25, 0.3) is 5.69 Å². The molecule has 0 saturated heterocycles. The van der Waals surface area contributed by atoms with Gasteiger partial charge >= 0.3 is 0 Å². The average Bonchev–Trinajstić information content (AvgIpc) is 3.22. The van der Waals surface area contributed by atoms with Gasteiger partial charge in [-0.2, -0.15) is 0 Å². The van der Waals surface area contributed by atoms with Gasteiger partial charge in [0.25, 0.3) is 0 Å². The van der Waals surface area contributed by atoms with Crippen molar-refractivity contribution in [3.8, 4) is 17.2 Å². The van der Waals surface area contributed by atoms with Crippen LogP contribution in [-0.2, 0) is 16.4 Å². The molecule has 2 N–H and O–H groups in total. The second-order valence-corrected chi connectivity index (χ2v) is 7.82. The van der Waals surface area contributed by atoms with Crippen LogP contribution in [0.2, 0.25) is 0 Å². The molecule has 0 radical (unpaired) electrons. The Morgan fingerprint density at radius 3 is 2.46 bits per heavy atom. The molecule has 148 valence electrons. The van der Waals surface area contributed by atoms with E-state index in [9.17, 15) is 8.42 Å². The third-order valence-corrected chi connectivity index (χ3v) is 5.33. The minimum Gasteiger partial charge on any atom is -0.497 e. The van der Waals surface area contributed by atoms with Crippen LogP contribution in [0.3, 0.4) is 0 Å². The van der Waals surface area contributed by atoms with Crippen LogP contribution in [0.5, 0.6) is 11.5 Å². The molecular weight excluding hydrogens is 378 g/mol. The number of nitrogens with two attached hydrogens (primary N) is 1. The van der Waals surface area contributed by atoms with Crippen molar-refractivity contribution in [3.05, 3.63) is 66.7 Å². The Hall–Kier alpha value is -2.84. The van der Waals surface area contributed by atoms with Crippen molar-refractivity contribution in [3.63, 3.8) is 0 Å². The van der Waals surface area contributed by atoms with Crippen molar-refractivity contribution in [2.24, 2.45) is 5.14 Å². The molecule has 0 spiro atoms. The fourth-order valence-corrected chi connectivity index (χ4v) is 3.67. The summed E-state index contributed by atoms with van der Waals surface area (Å²) in [5.74, 6) is 1.40. The summed E-state index contributed by atoms with van der Waals surface area (Å²) in [7, 11) is -2.22. The van der Waals surface area contributed by atoms with Crippen LogP contribution in [-0.4, -0.2) is 31.7 Å². The number of imidazole rings is 1. The van der Waals surface area contributed by atoms with Gasteiger partial charge in [0.2, 0.25) is 10.0 Å². The lowest BCUT2D eigenvalue weighted by atomic mass is 10.1. The SMILES string of the molecule is COc1ccc(S(N)(=O)=O)c(CCCCOc2ccc(-n3ccnc3)cc2)c1. The van der Waals surface area contributed by atoms with E-state index in [1.807, 2.05) is 35.0 Å². The van der Waals surface area contributed by atoms with Crippen molar-refractivity contribution in [1.29, 1.82) is 0 Å². The first-order valence-electron chi connectivity index (χ1n) is 8.88. The Bertz CT molecular complexity index is 1000. The first-order chi connectivity index (χ1) is 13.5. The summed E-state index contributed by atoms with van der Waals surface area (Å²) in [5, 5.41) is 5.30. The summed E-state index contributed by atoms with van der Waals surface area (Å²) in [4.78, 5) is 4.17. The highest BCUT2D eigenvalue weighted by atomic mass is 32.2. The number of hydrogen-bond donors (Lipinski definition) is 1. The zero-order valence-corrected chi connectivity index (χ0v) is 16.4. The van der Waals surface area contributed by atoms with Gasteiger partial charge in [-0.15, -0.1) is 0 Å². The van der Waals surface area contributed by atoms with E-state index in [1.54, 1.807) is 31.8 Å². The highest BCUT2D eigenvalue weighted by Gasteiger charge is 2.14. The molecule has 1 aromatic heterocycles. The van der Waals surface area contributed by atoms with Gasteiger partial charge < -0.3 is 14.0 Å². The molecule has 0 amide bonds. The average molecular weight is 401 g/mol. The van der Waals surface area contributed by atoms with Crippen LogP contribution in [0.15, 0.2) is 66.1 Å². The molecule has 1 heterocycles. The minimum absolute atomic E-state index is 0.143. The number of methoxy groups -OCH3 is 1. The molecule has 0 atom stereocenters. The van der Waals surface area contributed by atoms with E-state index in [1.165, 1.54) is 6.07 Å². The van der Waals surface area contributed by atoms with E-state index in [0.717, 1.165) is 24.3 Å². The van der Waals surface area contributed by atoms with Gasteiger partial charge in [-0.3, -0.25) is 0 Å². The lowest BCUT2D eigenvalue weighted by Gasteiger charge is -2.11. The van der Waals surface area contributed by atoms with Crippen molar-refractivity contribution in [2.45, 2.75) is 24.2 Å². The summed E-state index contributed by atoms with van der Waals surface area (Å²) in [6.07, 6.45) is 7.47. The van der Waals surface area contributed by atoms with Crippen molar-refractivity contribution in [2.75, 3.05) is 13.7 Å². The summed E-state index contributed by atoms with van der Waals surface area (Å²) in [6, 6.07) is 12.6. The summed E-state index contributed by atoms with van der Waals surface area (Å²) in [6.45, 7) is 0.541. The molecule has 3 rings (SSSR count). The molecule has 0 unspecified atom stereocenters. The number of aryl methyl sites for hydroxylation is 1. The fourth-order valence-electron chi connectivity index (χ4n) is 2.89. The number of nitrogens with zero attached hydrogens (tertiary/aromatic N) is 2. The number of sulfonamides is 1. The molecule has 8 heteroatoms. The highest BCUT2D eigenvalue weighted by molar-refractivity contribution is 7.89. The van der Waals surface area contributed by atoms with Crippen LogP contribution in [0.4, 0.5) is 0 Å². The second kappa shape index (κ2) is 8.90. The lowest BCUT2D eigenvalue weighted by molar-refractivity contribution is 0.307. The van der Waals surface area contributed by atoms with Crippen molar-refractivity contribution < 1.29 is 17.9 Å². The lowest BCUT2D eigenvalue weighted by Crippen LogP contribution is -2.14. The summed E-state index contributed by atoms with van der Waals surface area (Å²) < 4.78 is 36.4. The number of rotatable bonds is 9. The maximum absolute atomic E-state index is 11.7. The van der Waals surface area contributed by atoms with Crippen molar-refractivity contribution in [1.82, 2.24) is 9.55 Å². The first kappa shape index (κ1) is 19.9. The van der Waals surface area contributed by atoms with E-state index in [4.69, 9.17) is 14.6 Å². The molecule has 0 aliphatic rings. The third kappa shape index (κ3) is 5.11. The zero-order valence-electron chi connectivity index (χ0n) is 15.6. The molecule has 28 heavy (non-hydrogen) atoms. The van der Waals surface area contributed by atoms with Gasteiger partial charge in [-0.1, -0.05) is 0 Å². The summed E-state index contributed by atoms with van der Waals surface area (Å²) in [5.41, 5.74) is 1.67. The quantitative estimate of drug-likeness (QED) is 0.556. The monoisotopic (exact) mass is 401 g/mol. The first-order valence-corrected chi connectivity index (χ1v) is 10.4. The Labute approximate surface area is 164 Å². The number of unbranched alkanes of at least 4 members (excludes halogenated alkanes) is 1. The third-order valence-electron chi connectivity index (χ3n) is 4.32. The molecule has 0 fully saturated rings. The fraction of sp³-hybridized carbons (Fsp3) is 0.250. The molecule has 0 aliphatic heterocycles. The van der Waals surface area contributed by atoms with E-state index < -0.39 is 10.0 Å². The molecule has 0 bridgehead atoms. The number of ether oxygens (including phenoxy) is 2. The molecular formula is C20H23N3O4S. The molecule has 3 aromatic rings. The Kier molecular flexibility index (Phi) is 6.33. The maximum Gasteiger partial charge on any atom is 0.238 e. The minimum atomic E-state index is -3.76. The van der Waals surface area contributed by atoms with E-state index in [-0.39, 0.29) is 4.90 Å². The number of benzene rings is 2. The van der Waals surface area contributed by atoms with Gasteiger partial charge in [0.15, 0.2) is 0 Å². The van der Waals surface area contributed by atoms with E-state index in [0.29, 0.717) is 24.3 Å². The van der Waals surface area contributed by atoms with E-state index in [2.05, 4.69) is 4.98 Å². The van der Waals surface area contributed by atoms with Gasteiger partial charge in [-0.25, -0.2) is 18.5 Å². The standard InChI is InChI=1S/C20H23N3O4S/c1-26-19-9-10-20(28(21,24)25)16(14-19)4-2-3-13-27-18-7-5-17(6-8-18)23-12-11-22-15-23/h5-12,14-15H,2-4,13H2,1H3,(H2,21,24,25). The van der Waals surface area contributed by atoms with Crippen LogP contribution < -0.4 is 14.6 Å². The normalized spacial score (nSPS) is 11.4. The topological polar surface area (TPSA) is 96.4 Å². The zero-order chi connectivity index (χ0) is 20.0. The number of primary sulfonamides is 1. The van der Waals surface area contributed by atoms with E-state index >= 15 is 0 Å². The van der Waals surface area contributed by atoms with Gasteiger partial charge in [0.1, 0.15) is 11.5 Å². The largest absolute Gasteiger partial charge is 0.497 e. The summed E-state index contributed by atoms with van der Waals surface area (Å²) >= 11 is 0. The molecule has 0 aliphatic carbocycles. The maximum atomic E-state index is 11.7. The predicted octanol–water partition coefficient (Wildman–Crippen LogP) is 2.93. The molecule has 2 aromatic carbocycles.